The molecule has 0 saturated heterocycles. The lowest BCUT2D eigenvalue weighted by Crippen LogP contribution is -2.39. The summed E-state index contributed by atoms with van der Waals surface area (Å²) in [6, 6.07) is 8.56. The Hall–Kier alpha value is -1.02. The second kappa shape index (κ2) is 6.06. The molecule has 17 heavy (non-hydrogen) atoms. The van der Waals surface area contributed by atoms with Crippen molar-refractivity contribution in [1.82, 2.24) is 5.32 Å². The first kappa shape index (κ1) is 14.0. The molecule has 0 aliphatic rings. The molecular weight excluding hydrogens is 208 g/mol. The number of para-hydroxylation sites is 1. The van der Waals surface area contributed by atoms with Gasteiger partial charge in [-0.15, -0.1) is 0 Å². The highest BCUT2D eigenvalue weighted by atomic mass is 15.1. The zero-order valence-electron chi connectivity index (χ0n) is 11.9. The molecular formula is C15H26N2. The van der Waals surface area contributed by atoms with Gasteiger partial charge in [0.2, 0.25) is 0 Å². The maximum atomic E-state index is 3.43. The lowest BCUT2D eigenvalue weighted by molar-refractivity contribution is 0.350. The minimum atomic E-state index is 0.285. The van der Waals surface area contributed by atoms with Crippen molar-refractivity contribution in [2.24, 2.45) is 5.41 Å². The van der Waals surface area contributed by atoms with Gasteiger partial charge in [0.05, 0.1) is 0 Å². The average molecular weight is 234 g/mol. The third-order valence-electron chi connectivity index (χ3n) is 3.05. The fourth-order valence-electron chi connectivity index (χ4n) is 2.24. The highest BCUT2D eigenvalue weighted by Crippen LogP contribution is 2.23. The Bertz CT molecular complexity index is 345. The van der Waals surface area contributed by atoms with Gasteiger partial charge >= 0.3 is 0 Å². The van der Waals surface area contributed by atoms with Crippen LogP contribution >= 0.6 is 0 Å². The van der Waals surface area contributed by atoms with E-state index in [2.05, 4.69) is 69.2 Å². The van der Waals surface area contributed by atoms with E-state index in [1.807, 2.05) is 0 Å². The van der Waals surface area contributed by atoms with E-state index < -0.39 is 0 Å². The molecule has 0 aliphatic heterocycles. The van der Waals surface area contributed by atoms with Crippen molar-refractivity contribution in [1.29, 1.82) is 0 Å². The molecule has 1 aromatic carbocycles. The van der Waals surface area contributed by atoms with Gasteiger partial charge in [-0.3, -0.25) is 0 Å². The van der Waals surface area contributed by atoms with E-state index in [0.29, 0.717) is 0 Å². The topological polar surface area (TPSA) is 15.3 Å². The van der Waals surface area contributed by atoms with Crippen LogP contribution in [0.1, 0.15) is 26.3 Å². The summed E-state index contributed by atoms with van der Waals surface area (Å²) < 4.78 is 0. The summed E-state index contributed by atoms with van der Waals surface area (Å²) in [6.45, 7) is 12.1. The number of nitrogens with zero attached hydrogens (tertiary/aromatic N) is 1. The molecule has 1 rings (SSSR count). The SMILES string of the molecule is CCNCC(C)(C)CN(C)c1ccccc1C. The van der Waals surface area contributed by atoms with E-state index in [9.17, 15) is 0 Å². The molecule has 0 fully saturated rings. The van der Waals surface area contributed by atoms with Crippen molar-refractivity contribution in [3.8, 4) is 0 Å². The van der Waals surface area contributed by atoms with Gasteiger partial charge in [0.25, 0.3) is 0 Å². The van der Waals surface area contributed by atoms with Gasteiger partial charge in [-0.1, -0.05) is 39.0 Å². The van der Waals surface area contributed by atoms with Crippen LogP contribution in [0.3, 0.4) is 0 Å². The summed E-state index contributed by atoms with van der Waals surface area (Å²) in [5.41, 5.74) is 2.96. The van der Waals surface area contributed by atoms with Crippen LogP contribution in [0.4, 0.5) is 5.69 Å². The average Bonchev–Trinajstić information content (AvgIpc) is 2.26. The molecule has 2 nitrogen and oxygen atoms in total. The van der Waals surface area contributed by atoms with E-state index in [1.54, 1.807) is 0 Å². The number of hydrogen-bond acceptors (Lipinski definition) is 2. The number of benzene rings is 1. The van der Waals surface area contributed by atoms with E-state index in [-0.39, 0.29) is 5.41 Å². The van der Waals surface area contributed by atoms with Gasteiger partial charge in [-0.05, 0) is 30.5 Å². The second-order valence-corrected chi connectivity index (χ2v) is 5.59. The zero-order valence-corrected chi connectivity index (χ0v) is 11.9. The molecule has 0 unspecified atom stereocenters. The van der Waals surface area contributed by atoms with Crippen LogP contribution in [-0.4, -0.2) is 26.7 Å². The number of rotatable bonds is 6. The summed E-state index contributed by atoms with van der Waals surface area (Å²) in [5, 5.41) is 3.43. The first-order valence-corrected chi connectivity index (χ1v) is 6.44. The van der Waals surface area contributed by atoms with Gasteiger partial charge in [0.15, 0.2) is 0 Å². The standard InChI is InChI=1S/C15H26N2/c1-6-16-11-15(3,4)12-17(5)14-10-8-7-9-13(14)2/h7-10,16H,6,11-12H2,1-5H3. The van der Waals surface area contributed by atoms with Gasteiger partial charge in [-0.25, -0.2) is 0 Å². The molecule has 1 N–H and O–H groups in total. The largest absolute Gasteiger partial charge is 0.374 e. The molecule has 0 heterocycles. The fourth-order valence-corrected chi connectivity index (χ4v) is 2.24. The molecule has 1 aromatic rings. The van der Waals surface area contributed by atoms with Crippen molar-refractivity contribution in [2.75, 3.05) is 31.6 Å². The van der Waals surface area contributed by atoms with Gasteiger partial charge in [0, 0.05) is 25.8 Å². The lowest BCUT2D eigenvalue weighted by atomic mass is 9.92. The van der Waals surface area contributed by atoms with E-state index >= 15 is 0 Å². The van der Waals surface area contributed by atoms with Crippen LogP contribution in [0.5, 0.6) is 0 Å². The van der Waals surface area contributed by atoms with E-state index in [1.165, 1.54) is 11.3 Å². The number of anilines is 1. The number of nitrogens with one attached hydrogen (secondary N) is 1. The van der Waals surface area contributed by atoms with Gasteiger partial charge in [-0.2, -0.15) is 0 Å². The highest BCUT2D eigenvalue weighted by molar-refractivity contribution is 5.52. The predicted octanol–water partition coefficient (Wildman–Crippen LogP) is 3.07. The second-order valence-electron chi connectivity index (χ2n) is 5.59. The van der Waals surface area contributed by atoms with Crippen molar-refractivity contribution in [3.63, 3.8) is 0 Å². The Labute approximate surface area is 106 Å². The zero-order chi connectivity index (χ0) is 12.9. The Balaban J connectivity index is 2.65. The molecule has 0 radical (unpaired) electrons. The predicted molar refractivity (Wildman–Crippen MR) is 76.8 cm³/mol. The quantitative estimate of drug-likeness (QED) is 0.814. The van der Waals surface area contributed by atoms with Crippen molar-refractivity contribution in [3.05, 3.63) is 29.8 Å². The minimum absolute atomic E-state index is 0.285. The first-order valence-electron chi connectivity index (χ1n) is 6.44. The molecule has 0 amide bonds. The first-order chi connectivity index (χ1) is 7.96. The van der Waals surface area contributed by atoms with Crippen LogP contribution in [-0.2, 0) is 0 Å². The van der Waals surface area contributed by atoms with Crippen molar-refractivity contribution >= 4 is 5.69 Å². The molecule has 0 saturated carbocycles. The number of hydrogen-bond donors (Lipinski definition) is 1. The minimum Gasteiger partial charge on any atom is -0.374 e. The maximum absolute atomic E-state index is 3.43. The smallest absolute Gasteiger partial charge is 0.0393 e. The third-order valence-corrected chi connectivity index (χ3v) is 3.05. The third kappa shape index (κ3) is 4.39. The van der Waals surface area contributed by atoms with Crippen LogP contribution in [0.15, 0.2) is 24.3 Å². The molecule has 0 aliphatic carbocycles. The lowest BCUT2D eigenvalue weighted by Gasteiger charge is -2.32. The van der Waals surface area contributed by atoms with Crippen molar-refractivity contribution in [2.45, 2.75) is 27.7 Å². The highest BCUT2D eigenvalue weighted by Gasteiger charge is 2.20. The van der Waals surface area contributed by atoms with Crippen molar-refractivity contribution < 1.29 is 0 Å². The summed E-state index contributed by atoms with van der Waals surface area (Å²) in [6.07, 6.45) is 0. The molecule has 0 bridgehead atoms. The Kier molecular flexibility index (Phi) is 5.01. The molecule has 0 spiro atoms. The fraction of sp³-hybridized carbons (Fsp3) is 0.600. The van der Waals surface area contributed by atoms with Crippen LogP contribution < -0.4 is 10.2 Å². The van der Waals surface area contributed by atoms with E-state index in [0.717, 1.165) is 19.6 Å². The Morgan fingerprint density at radius 3 is 2.47 bits per heavy atom. The summed E-state index contributed by atoms with van der Waals surface area (Å²) in [4.78, 5) is 2.35. The van der Waals surface area contributed by atoms with Crippen LogP contribution in [0.2, 0.25) is 0 Å². The Morgan fingerprint density at radius 2 is 1.88 bits per heavy atom. The van der Waals surface area contributed by atoms with Crippen LogP contribution in [0, 0.1) is 12.3 Å². The number of aryl methyl sites for hydroxylation is 1. The molecule has 0 aromatic heterocycles. The van der Waals surface area contributed by atoms with Crippen LogP contribution in [0.25, 0.3) is 0 Å². The summed E-state index contributed by atoms with van der Waals surface area (Å²) in [5.74, 6) is 0. The molecule has 2 heteroatoms. The Morgan fingerprint density at radius 1 is 1.24 bits per heavy atom. The monoisotopic (exact) mass is 234 g/mol. The van der Waals surface area contributed by atoms with Gasteiger partial charge in [0.1, 0.15) is 0 Å². The molecule has 0 atom stereocenters. The normalized spacial score (nSPS) is 11.6. The molecule has 96 valence electrons. The summed E-state index contributed by atoms with van der Waals surface area (Å²) in [7, 11) is 2.18. The van der Waals surface area contributed by atoms with E-state index in [4.69, 9.17) is 0 Å². The maximum Gasteiger partial charge on any atom is 0.0393 e. The summed E-state index contributed by atoms with van der Waals surface area (Å²) >= 11 is 0. The van der Waals surface area contributed by atoms with Gasteiger partial charge < -0.3 is 10.2 Å².